The second-order valence-corrected chi connectivity index (χ2v) is 6.29. The summed E-state index contributed by atoms with van der Waals surface area (Å²) in [6, 6.07) is 5.82. The number of carbonyl (C=O) groups is 1. The van der Waals surface area contributed by atoms with Crippen molar-refractivity contribution in [3.8, 4) is 10.6 Å². The molecular formula is C15H19N3OS. The molecule has 0 spiro atoms. The van der Waals surface area contributed by atoms with Gasteiger partial charge in [-0.3, -0.25) is 9.89 Å². The van der Waals surface area contributed by atoms with Gasteiger partial charge in [0.05, 0.1) is 10.6 Å². The van der Waals surface area contributed by atoms with Crippen molar-refractivity contribution in [1.82, 2.24) is 15.5 Å². The summed E-state index contributed by atoms with van der Waals surface area (Å²) in [5.74, 6) is 0.721. The summed E-state index contributed by atoms with van der Waals surface area (Å²) in [4.78, 5) is 13.1. The molecule has 1 fully saturated rings. The first-order valence-electron chi connectivity index (χ1n) is 7.20. The number of hydrogen-bond acceptors (Lipinski definition) is 3. The van der Waals surface area contributed by atoms with Crippen LogP contribution in [0, 0.1) is 5.92 Å². The Hall–Kier alpha value is -1.62. The molecule has 106 valence electrons. The Morgan fingerprint density at radius 3 is 3.05 bits per heavy atom. The van der Waals surface area contributed by atoms with Crippen molar-refractivity contribution < 1.29 is 4.79 Å². The molecule has 0 atom stereocenters. The highest BCUT2D eigenvalue weighted by atomic mass is 32.1. The molecule has 3 rings (SSSR count). The summed E-state index contributed by atoms with van der Waals surface area (Å²) in [5.41, 5.74) is 1.38. The quantitative estimate of drug-likeness (QED) is 0.885. The Morgan fingerprint density at radius 2 is 2.30 bits per heavy atom. The van der Waals surface area contributed by atoms with Gasteiger partial charge in [-0.2, -0.15) is 5.10 Å². The van der Waals surface area contributed by atoms with Crippen LogP contribution in [0.25, 0.3) is 10.6 Å². The number of aromatic nitrogens is 2. The highest BCUT2D eigenvalue weighted by Crippen LogP contribution is 2.27. The number of aromatic amines is 1. The Bertz CT molecular complexity index is 555. The molecule has 4 nitrogen and oxygen atoms in total. The fraction of sp³-hybridized carbons (Fsp3) is 0.467. The van der Waals surface area contributed by atoms with E-state index >= 15 is 0 Å². The average molecular weight is 289 g/mol. The van der Waals surface area contributed by atoms with E-state index in [1.165, 1.54) is 25.7 Å². The normalized spacial score (nSPS) is 15.6. The molecule has 0 radical (unpaired) electrons. The lowest BCUT2D eigenvalue weighted by Crippen LogP contribution is -2.25. The maximum atomic E-state index is 12.0. The number of amides is 1. The van der Waals surface area contributed by atoms with Crippen LogP contribution in [-0.4, -0.2) is 22.6 Å². The van der Waals surface area contributed by atoms with Gasteiger partial charge in [-0.15, -0.1) is 11.3 Å². The largest absolute Gasteiger partial charge is 0.351 e. The molecule has 5 heteroatoms. The second kappa shape index (κ2) is 6.22. The van der Waals surface area contributed by atoms with E-state index in [2.05, 4.69) is 15.5 Å². The summed E-state index contributed by atoms with van der Waals surface area (Å²) in [5, 5.41) is 12.0. The predicted molar refractivity (Wildman–Crippen MR) is 80.8 cm³/mol. The van der Waals surface area contributed by atoms with Gasteiger partial charge >= 0.3 is 0 Å². The third kappa shape index (κ3) is 3.10. The molecule has 20 heavy (non-hydrogen) atoms. The van der Waals surface area contributed by atoms with Gasteiger partial charge in [-0.1, -0.05) is 31.7 Å². The van der Waals surface area contributed by atoms with Gasteiger partial charge in [-0.25, -0.2) is 0 Å². The molecule has 1 saturated carbocycles. The number of hydrogen-bond donors (Lipinski definition) is 2. The van der Waals surface area contributed by atoms with Crippen molar-refractivity contribution in [3.63, 3.8) is 0 Å². The van der Waals surface area contributed by atoms with Crippen LogP contribution in [0.4, 0.5) is 0 Å². The molecule has 2 heterocycles. The SMILES string of the molecule is O=C(NCCC1CCCC1)c1cc(-c2cccs2)[nH]n1. The molecule has 2 aromatic heterocycles. The van der Waals surface area contributed by atoms with E-state index in [0.29, 0.717) is 5.69 Å². The predicted octanol–water partition coefficient (Wildman–Crippen LogP) is 3.45. The van der Waals surface area contributed by atoms with E-state index in [-0.39, 0.29) is 5.91 Å². The minimum absolute atomic E-state index is 0.0814. The lowest BCUT2D eigenvalue weighted by molar-refractivity contribution is 0.0946. The smallest absolute Gasteiger partial charge is 0.271 e. The van der Waals surface area contributed by atoms with Crippen LogP contribution in [0.5, 0.6) is 0 Å². The summed E-state index contributed by atoms with van der Waals surface area (Å²) in [6.07, 6.45) is 6.43. The molecule has 0 aliphatic heterocycles. The molecule has 2 N–H and O–H groups in total. The molecule has 1 aliphatic carbocycles. The van der Waals surface area contributed by atoms with Crippen molar-refractivity contribution in [2.45, 2.75) is 32.1 Å². The minimum atomic E-state index is -0.0814. The average Bonchev–Trinajstić information content (AvgIpc) is 3.20. The number of nitrogens with one attached hydrogen (secondary N) is 2. The van der Waals surface area contributed by atoms with Crippen LogP contribution in [0.3, 0.4) is 0 Å². The molecular weight excluding hydrogens is 270 g/mol. The van der Waals surface area contributed by atoms with Crippen LogP contribution in [0.1, 0.15) is 42.6 Å². The molecule has 1 amide bonds. The number of carbonyl (C=O) groups excluding carboxylic acids is 1. The van der Waals surface area contributed by atoms with Crippen molar-refractivity contribution >= 4 is 17.2 Å². The molecule has 0 unspecified atom stereocenters. The third-order valence-electron chi connectivity index (χ3n) is 3.91. The minimum Gasteiger partial charge on any atom is -0.351 e. The fourth-order valence-electron chi connectivity index (χ4n) is 2.78. The van der Waals surface area contributed by atoms with Gasteiger partial charge < -0.3 is 5.32 Å². The Balaban J connectivity index is 1.52. The molecule has 0 aromatic carbocycles. The highest BCUT2D eigenvalue weighted by molar-refractivity contribution is 7.13. The first-order chi connectivity index (χ1) is 9.83. The zero-order valence-electron chi connectivity index (χ0n) is 11.4. The van der Waals surface area contributed by atoms with Crippen LogP contribution in [-0.2, 0) is 0 Å². The fourth-order valence-corrected chi connectivity index (χ4v) is 3.47. The number of thiophene rings is 1. The van der Waals surface area contributed by atoms with Crippen LogP contribution >= 0.6 is 11.3 Å². The number of nitrogens with zero attached hydrogens (tertiary/aromatic N) is 1. The van der Waals surface area contributed by atoms with Gasteiger partial charge in [0.25, 0.3) is 5.91 Å². The van der Waals surface area contributed by atoms with Crippen molar-refractivity contribution in [2.75, 3.05) is 6.54 Å². The number of rotatable bonds is 5. The second-order valence-electron chi connectivity index (χ2n) is 5.34. The van der Waals surface area contributed by atoms with Crippen LogP contribution in [0.2, 0.25) is 0 Å². The Kier molecular flexibility index (Phi) is 4.16. The van der Waals surface area contributed by atoms with E-state index < -0.39 is 0 Å². The topological polar surface area (TPSA) is 57.8 Å². The maximum Gasteiger partial charge on any atom is 0.271 e. The lowest BCUT2D eigenvalue weighted by Gasteiger charge is -2.08. The van der Waals surface area contributed by atoms with Crippen molar-refractivity contribution in [2.24, 2.45) is 5.92 Å². The molecule has 1 aliphatic rings. The van der Waals surface area contributed by atoms with Gasteiger partial charge in [0, 0.05) is 6.54 Å². The van der Waals surface area contributed by atoms with Gasteiger partial charge in [0.2, 0.25) is 0 Å². The van der Waals surface area contributed by atoms with Crippen LogP contribution in [0.15, 0.2) is 23.6 Å². The Morgan fingerprint density at radius 1 is 1.45 bits per heavy atom. The van der Waals surface area contributed by atoms with E-state index in [0.717, 1.165) is 29.5 Å². The third-order valence-corrected chi connectivity index (χ3v) is 4.81. The molecule has 2 aromatic rings. The van der Waals surface area contributed by atoms with Gasteiger partial charge in [0.15, 0.2) is 5.69 Å². The summed E-state index contributed by atoms with van der Waals surface area (Å²) < 4.78 is 0. The summed E-state index contributed by atoms with van der Waals surface area (Å²) >= 11 is 1.63. The highest BCUT2D eigenvalue weighted by Gasteiger charge is 2.16. The lowest BCUT2D eigenvalue weighted by atomic mass is 10.0. The van der Waals surface area contributed by atoms with Gasteiger partial charge in [-0.05, 0) is 29.9 Å². The van der Waals surface area contributed by atoms with E-state index in [1.54, 1.807) is 11.3 Å². The van der Waals surface area contributed by atoms with Crippen LogP contribution < -0.4 is 5.32 Å². The number of H-pyrrole nitrogens is 1. The van der Waals surface area contributed by atoms with Crippen molar-refractivity contribution in [1.29, 1.82) is 0 Å². The van der Waals surface area contributed by atoms with Gasteiger partial charge in [0.1, 0.15) is 0 Å². The van der Waals surface area contributed by atoms with E-state index in [4.69, 9.17) is 0 Å². The summed E-state index contributed by atoms with van der Waals surface area (Å²) in [6.45, 7) is 0.755. The molecule has 0 saturated heterocycles. The standard InChI is InChI=1S/C15H19N3OS/c19-15(16-8-7-11-4-1-2-5-11)13-10-12(17-18-13)14-6-3-9-20-14/h3,6,9-11H,1-2,4-5,7-8H2,(H,16,19)(H,17,18). The maximum absolute atomic E-state index is 12.0. The summed E-state index contributed by atoms with van der Waals surface area (Å²) in [7, 11) is 0. The Labute approximate surface area is 122 Å². The first-order valence-corrected chi connectivity index (χ1v) is 8.08. The monoisotopic (exact) mass is 289 g/mol. The van der Waals surface area contributed by atoms with E-state index in [9.17, 15) is 4.79 Å². The van der Waals surface area contributed by atoms with E-state index in [1.807, 2.05) is 23.6 Å². The first kappa shape index (κ1) is 13.4. The zero-order valence-corrected chi connectivity index (χ0v) is 12.2. The molecule has 0 bridgehead atoms. The zero-order chi connectivity index (χ0) is 13.8. The van der Waals surface area contributed by atoms with Crippen molar-refractivity contribution in [3.05, 3.63) is 29.3 Å².